The van der Waals surface area contributed by atoms with E-state index in [4.69, 9.17) is 14.7 Å². The molecule has 2 N–H and O–H groups in total. The van der Waals surface area contributed by atoms with E-state index < -0.39 is 0 Å². The van der Waals surface area contributed by atoms with Crippen molar-refractivity contribution in [3.63, 3.8) is 0 Å². The van der Waals surface area contributed by atoms with Gasteiger partial charge in [0.05, 0.1) is 5.69 Å². The molecule has 7 heteroatoms. The van der Waals surface area contributed by atoms with Crippen molar-refractivity contribution in [1.29, 1.82) is 0 Å². The van der Waals surface area contributed by atoms with Gasteiger partial charge in [0.25, 0.3) is 0 Å². The summed E-state index contributed by atoms with van der Waals surface area (Å²) in [6.07, 6.45) is 9.84. The largest absolute Gasteiger partial charge is 0.385 e. The van der Waals surface area contributed by atoms with Gasteiger partial charge in [-0.15, -0.1) is 11.3 Å². The second-order valence-corrected chi connectivity index (χ2v) is 8.97. The molecule has 2 fully saturated rings. The van der Waals surface area contributed by atoms with Gasteiger partial charge in [-0.25, -0.2) is 4.98 Å². The number of methoxy groups -OCH3 is 1. The van der Waals surface area contributed by atoms with Crippen LogP contribution in [0.15, 0.2) is 10.4 Å². The third-order valence-corrected chi connectivity index (χ3v) is 6.96. The number of nitrogens with one attached hydrogen (secondary N) is 2. The first-order valence-electron chi connectivity index (χ1n) is 11.0. The maximum atomic E-state index is 5.35. The van der Waals surface area contributed by atoms with Crippen LogP contribution in [0, 0.1) is 5.41 Å². The van der Waals surface area contributed by atoms with Crippen molar-refractivity contribution >= 4 is 22.4 Å². The Morgan fingerprint density at radius 2 is 2.04 bits per heavy atom. The van der Waals surface area contributed by atoms with Crippen molar-refractivity contribution in [2.75, 3.05) is 51.3 Å². The van der Waals surface area contributed by atoms with Crippen molar-refractivity contribution in [3.05, 3.63) is 11.1 Å². The van der Waals surface area contributed by atoms with E-state index >= 15 is 0 Å². The number of guanidine groups is 1. The molecule has 1 aromatic rings. The number of aromatic nitrogens is 1. The Balaban J connectivity index is 1.49. The molecule has 1 saturated carbocycles. The number of hydrogen-bond donors (Lipinski definition) is 2. The molecule has 2 heterocycles. The number of anilines is 1. The van der Waals surface area contributed by atoms with Gasteiger partial charge in [0.1, 0.15) is 0 Å². The average Bonchev–Trinajstić information content (AvgIpc) is 3.46. The van der Waals surface area contributed by atoms with E-state index in [0.717, 1.165) is 58.1 Å². The highest BCUT2D eigenvalue weighted by Crippen LogP contribution is 2.41. The van der Waals surface area contributed by atoms with E-state index in [-0.39, 0.29) is 0 Å². The Labute approximate surface area is 174 Å². The zero-order chi connectivity index (χ0) is 19.7. The third-order valence-electron chi connectivity index (χ3n) is 6.01. The van der Waals surface area contributed by atoms with Gasteiger partial charge in [-0.05, 0) is 44.4 Å². The number of nitrogens with zero attached hydrogens (tertiary/aromatic N) is 3. The quantitative estimate of drug-likeness (QED) is 0.460. The van der Waals surface area contributed by atoms with Crippen LogP contribution in [0.25, 0.3) is 0 Å². The van der Waals surface area contributed by atoms with Crippen LogP contribution in [0.1, 0.15) is 57.6 Å². The minimum absolute atomic E-state index is 0.331. The summed E-state index contributed by atoms with van der Waals surface area (Å²) in [5.41, 5.74) is 1.51. The fourth-order valence-corrected chi connectivity index (χ4v) is 5.21. The van der Waals surface area contributed by atoms with Crippen LogP contribution in [0.5, 0.6) is 0 Å². The summed E-state index contributed by atoms with van der Waals surface area (Å²) in [7, 11) is 1.80. The first-order chi connectivity index (χ1) is 13.7. The second-order valence-electron chi connectivity index (χ2n) is 8.14. The number of rotatable bonds is 10. The lowest BCUT2D eigenvalue weighted by molar-refractivity contribution is 0.141. The van der Waals surface area contributed by atoms with E-state index in [1.54, 1.807) is 18.4 Å². The number of ether oxygens (including phenoxy) is 1. The summed E-state index contributed by atoms with van der Waals surface area (Å²) in [4.78, 5) is 12.2. The Morgan fingerprint density at radius 3 is 2.75 bits per heavy atom. The average molecular weight is 408 g/mol. The zero-order valence-corrected chi connectivity index (χ0v) is 18.5. The van der Waals surface area contributed by atoms with Crippen molar-refractivity contribution in [1.82, 2.24) is 15.6 Å². The van der Waals surface area contributed by atoms with Crippen LogP contribution in [-0.4, -0.2) is 57.4 Å². The van der Waals surface area contributed by atoms with Gasteiger partial charge in [0.15, 0.2) is 11.1 Å². The minimum Gasteiger partial charge on any atom is -0.385 e. The first-order valence-corrected chi connectivity index (χ1v) is 11.8. The highest BCUT2D eigenvalue weighted by molar-refractivity contribution is 7.13. The van der Waals surface area contributed by atoms with Crippen LogP contribution in [0.3, 0.4) is 0 Å². The van der Waals surface area contributed by atoms with Crippen molar-refractivity contribution in [2.45, 2.75) is 58.3 Å². The Morgan fingerprint density at radius 1 is 1.25 bits per heavy atom. The number of hydrogen-bond acceptors (Lipinski definition) is 5. The lowest BCUT2D eigenvalue weighted by Gasteiger charge is -2.27. The summed E-state index contributed by atoms with van der Waals surface area (Å²) in [6.45, 7) is 7.91. The molecule has 1 aromatic heterocycles. The maximum absolute atomic E-state index is 5.35. The van der Waals surface area contributed by atoms with Crippen LogP contribution in [0.4, 0.5) is 5.13 Å². The summed E-state index contributed by atoms with van der Waals surface area (Å²) in [5, 5.41) is 10.3. The predicted molar refractivity (Wildman–Crippen MR) is 119 cm³/mol. The van der Waals surface area contributed by atoms with Gasteiger partial charge < -0.3 is 20.3 Å². The van der Waals surface area contributed by atoms with Gasteiger partial charge in [-0.1, -0.05) is 12.8 Å². The summed E-state index contributed by atoms with van der Waals surface area (Å²) in [5.74, 6) is 0.932. The summed E-state index contributed by atoms with van der Waals surface area (Å²) in [6, 6.07) is 0. The van der Waals surface area contributed by atoms with E-state index in [9.17, 15) is 0 Å². The standard InChI is InChI=1S/C21H37N5OS/c1-3-22-19(24-17-21(11-15-27-2)9-4-5-10-21)23-12-8-18-16-28-20(25-18)26-13-6-7-14-26/h16H,3-15,17H2,1-2H3,(H2,22,23,24). The Bertz CT molecular complexity index is 606. The molecule has 3 rings (SSSR count). The molecule has 0 atom stereocenters. The highest BCUT2D eigenvalue weighted by atomic mass is 32.1. The van der Waals surface area contributed by atoms with Gasteiger partial charge in [0.2, 0.25) is 0 Å². The molecule has 0 radical (unpaired) electrons. The fourth-order valence-electron chi connectivity index (χ4n) is 4.29. The van der Waals surface area contributed by atoms with Crippen LogP contribution >= 0.6 is 11.3 Å². The summed E-state index contributed by atoms with van der Waals surface area (Å²) < 4.78 is 5.35. The topological polar surface area (TPSA) is 61.8 Å². The number of thiazole rings is 1. The highest BCUT2D eigenvalue weighted by Gasteiger charge is 2.33. The zero-order valence-electron chi connectivity index (χ0n) is 17.6. The van der Waals surface area contributed by atoms with E-state index in [0.29, 0.717) is 5.41 Å². The van der Waals surface area contributed by atoms with E-state index in [1.807, 2.05) is 0 Å². The van der Waals surface area contributed by atoms with Crippen molar-refractivity contribution in [3.8, 4) is 0 Å². The third kappa shape index (κ3) is 6.08. The second kappa shape index (κ2) is 11.0. The van der Waals surface area contributed by atoms with Gasteiger partial charge in [0, 0.05) is 58.2 Å². The van der Waals surface area contributed by atoms with Crippen molar-refractivity contribution < 1.29 is 4.74 Å². The molecule has 6 nitrogen and oxygen atoms in total. The SMILES string of the molecule is CCNC(=NCC1(CCOC)CCCC1)NCCc1csc(N2CCCC2)n1. The molecule has 0 aromatic carbocycles. The first kappa shape index (κ1) is 21.4. The van der Waals surface area contributed by atoms with Crippen molar-refractivity contribution in [2.24, 2.45) is 10.4 Å². The Hall–Kier alpha value is -1.34. The molecule has 0 spiro atoms. The Kier molecular flexibility index (Phi) is 8.40. The molecule has 0 bridgehead atoms. The molecule has 1 saturated heterocycles. The van der Waals surface area contributed by atoms with Gasteiger partial charge in [-0.3, -0.25) is 4.99 Å². The molecular formula is C21H37N5OS. The van der Waals surface area contributed by atoms with Crippen LogP contribution in [0.2, 0.25) is 0 Å². The predicted octanol–water partition coefficient (Wildman–Crippen LogP) is 3.44. The summed E-state index contributed by atoms with van der Waals surface area (Å²) >= 11 is 1.78. The maximum Gasteiger partial charge on any atom is 0.191 e. The molecule has 2 aliphatic rings. The molecule has 1 aliphatic carbocycles. The van der Waals surface area contributed by atoms with E-state index in [2.05, 4.69) is 27.8 Å². The van der Waals surface area contributed by atoms with Crippen LogP contribution in [-0.2, 0) is 11.2 Å². The lowest BCUT2D eigenvalue weighted by atomic mass is 9.83. The molecular weight excluding hydrogens is 370 g/mol. The van der Waals surface area contributed by atoms with E-state index in [1.165, 1.54) is 49.4 Å². The normalized spacial score (nSPS) is 19.4. The molecule has 158 valence electrons. The molecule has 0 unspecified atom stereocenters. The smallest absolute Gasteiger partial charge is 0.191 e. The van der Waals surface area contributed by atoms with Gasteiger partial charge in [-0.2, -0.15) is 0 Å². The van der Waals surface area contributed by atoms with Crippen LogP contribution < -0.4 is 15.5 Å². The van der Waals surface area contributed by atoms with Gasteiger partial charge >= 0.3 is 0 Å². The minimum atomic E-state index is 0.331. The fraction of sp³-hybridized carbons (Fsp3) is 0.810. The number of aliphatic imine (C=N–C) groups is 1. The lowest BCUT2D eigenvalue weighted by Crippen LogP contribution is -2.39. The molecule has 0 amide bonds. The monoisotopic (exact) mass is 407 g/mol. The molecule has 28 heavy (non-hydrogen) atoms. The molecule has 1 aliphatic heterocycles.